The molecule has 1 fully saturated rings. The molecule has 1 aliphatic heterocycles. The molecule has 0 unspecified atom stereocenters. The van der Waals surface area contributed by atoms with Gasteiger partial charge in [-0.05, 0) is 12.1 Å². The van der Waals surface area contributed by atoms with Crippen molar-refractivity contribution in [3.63, 3.8) is 0 Å². The molecule has 3 rings (SSSR count). The minimum atomic E-state index is -4.49. The van der Waals surface area contributed by atoms with Crippen LogP contribution >= 0.6 is 23.2 Å². The summed E-state index contributed by atoms with van der Waals surface area (Å²) in [6.45, 7) is -0.811. The number of H-pyrrole nitrogens is 1. The zero-order valence-corrected chi connectivity index (χ0v) is 13.4. The van der Waals surface area contributed by atoms with E-state index < -0.39 is 36.4 Å². The number of benzene rings is 1. The first-order chi connectivity index (χ1) is 11.1. The van der Waals surface area contributed by atoms with E-state index in [0.717, 1.165) is 11.0 Å². The lowest BCUT2D eigenvalue weighted by Gasteiger charge is -2.18. The zero-order valence-electron chi connectivity index (χ0n) is 11.9. The summed E-state index contributed by atoms with van der Waals surface area (Å²) in [5, 5.41) is -0.292. The van der Waals surface area contributed by atoms with E-state index in [1.54, 1.807) is 0 Å². The van der Waals surface area contributed by atoms with Gasteiger partial charge >= 0.3 is 6.18 Å². The first kappa shape index (κ1) is 17.3. The molecule has 0 aliphatic carbocycles. The highest BCUT2D eigenvalue weighted by Gasteiger charge is 2.49. The molecule has 0 radical (unpaired) electrons. The molecule has 2 atom stereocenters. The summed E-state index contributed by atoms with van der Waals surface area (Å²) < 4.78 is 52.2. The van der Waals surface area contributed by atoms with Gasteiger partial charge in [-0.15, -0.1) is 0 Å². The average molecular weight is 384 g/mol. The second-order valence-corrected chi connectivity index (χ2v) is 6.38. The van der Waals surface area contributed by atoms with Gasteiger partial charge in [0.15, 0.2) is 0 Å². The summed E-state index contributed by atoms with van der Waals surface area (Å²) in [7, 11) is 0. The molecule has 1 aromatic heterocycles. The van der Waals surface area contributed by atoms with Crippen LogP contribution < -0.4 is 5.73 Å². The first-order valence-electron chi connectivity index (χ1n) is 6.88. The maximum Gasteiger partial charge on any atom is 0.395 e. The van der Waals surface area contributed by atoms with Gasteiger partial charge in [0.25, 0.3) is 5.91 Å². The van der Waals surface area contributed by atoms with Crippen molar-refractivity contribution in [2.24, 2.45) is 11.7 Å². The number of nitrogens with zero attached hydrogens (tertiary/aromatic N) is 1. The molecule has 2 heterocycles. The van der Waals surface area contributed by atoms with Crippen molar-refractivity contribution in [2.75, 3.05) is 13.1 Å². The highest BCUT2D eigenvalue weighted by atomic mass is 35.5. The number of carbonyl (C=O) groups excluding carboxylic acids is 1. The molecular weight excluding hydrogens is 373 g/mol. The van der Waals surface area contributed by atoms with E-state index in [9.17, 15) is 22.4 Å². The summed E-state index contributed by atoms with van der Waals surface area (Å²) in [5.74, 6) is -3.26. The minimum Gasteiger partial charge on any atom is -0.349 e. The fraction of sp³-hybridized carbons (Fsp3) is 0.357. The molecule has 2 aromatic rings. The van der Waals surface area contributed by atoms with Crippen molar-refractivity contribution in [3.05, 3.63) is 33.7 Å². The Balaban J connectivity index is 1.96. The van der Waals surface area contributed by atoms with Crippen LogP contribution in [0.3, 0.4) is 0 Å². The van der Waals surface area contributed by atoms with Crippen LogP contribution in [0.25, 0.3) is 10.9 Å². The van der Waals surface area contributed by atoms with Crippen LogP contribution in [0.2, 0.25) is 10.0 Å². The summed E-state index contributed by atoms with van der Waals surface area (Å²) in [6, 6.07) is 1.23. The van der Waals surface area contributed by atoms with Gasteiger partial charge in [-0.2, -0.15) is 13.2 Å². The number of rotatable bonds is 1. The van der Waals surface area contributed by atoms with E-state index in [-0.39, 0.29) is 27.7 Å². The van der Waals surface area contributed by atoms with Gasteiger partial charge < -0.3 is 15.6 Å². The van der Waals surface area contributed by atoms with Crippen LogP contribution in [0.5, 0.6) is 0 Å². The molecule has 0 spiro atoms. The number of nitrogens with one attached hydrogen (secondary N) is 1. The lowest BCUT2D eigenvalue weighted by Crippen LogP contribution is -2.38. The predicted molar refractivity (Wildman–Crippen MR) is 81.7 cm³/mol. The third-order valence-corrected chi connectivity index (χ3v) is 4.83. The number of aromatic nitrogens is 1. The Morgan fingerprint density at radius 2 is 1.92 bits per heavy atom. The van der Waals surface area contributed by atoms with Gasteiger partial charge in [0, 0.05) is 30.0 Å². The van der Waals surface area contributed by atoms with Crippen molar-refractivity contribution in [1.29, 1.82) is 0 Å². The third-order valence-electron chi connectivity index (χ3n) is 4.08. The number of nitrogens with two attached hydrogens (primary N) is 1. The number of amides is 1. The lowest BCUT2D eigenvalue weighted by atomic mass is 10.1. The molecule has 24 heavy (non-hydrogen) atoms. The summed E-state index contributed by atoms with van der Waals surface area (Å²) in [6.07, 6.45) is -4.49. The van der Waals surface area contributed by atoms with E-state index in [1.807, 2.05) is 0 Å². The normalized spacial score (nSPS) is 21.7. The molecule has 1 amide bonds. The Morgan fingerprint density at radius 3 is 2.50 bits per heavy atom. The lowest BCUT2D eigenvalue weighted by molar-refractivity contribution is -0.172. The second-order valence-electron chi connectivity index (χ2n) is 5.62. The van der Waals surface area contributed by atoms with E-state index in [0.29, 0.717) is 5.52 Å². The van der Waals surface area contributed by atoms with Gasteiger partial charge in [-0.1, -0.05) is 23.2 Å². The van der Waals surface area contributed by atoms with E-state index in [1.165, 1.54) is 6.07 Å². The number of carbonyl (C=O) groups is 1. The molecule has 1 saturated heterocycles. The monoisotopic (exact) mass is 383 g/mol. The number of halogens is 6. The predicted octanol–water partition coefficient (Wildman–Crippen LogP) is 3.58. The molecular formula is C14H11Cl2F4N3O. The Bertz CT molecular complexity index is 820. The van der Waals surface area contributed by atoms with Gasteiger partial charge in [0.1, 0.15) is 11.5 Å². The van der Waals surface area contributed by atoms with Gasteiger partial charge in [0.05, 0.1) is 16.0 Å². The van der Waals surface area contributed by atoms with Crippen LogP contribution in [0.15, 0.2) is 12.1 Å². The average Bonchev–Trinajstić information content (AvgIpc) is 3.03. The largest absolute Gasteiger partial charge is 0.395 e. The Morgan fingerprint density at radius 1 is 1.25 bits per heavy atom. The third kappa shape index (κ3) is 2.72. The minimum absolute atomic E-state index is 0.109. The topological polar surface area (TPSA) is 62.1 Å². The maximum absolute atomic E-state index is 13.5. The van der Waals surface area contributed by atoms with Crippen LogP contribution in [-0.4, -0.2) is 41.1 Å². The first-order valence-corrected chi connectivity index (χ1v) is 7.63. The van der Waals surface area contributed by atoms with Gasteiger partial charge in [-0.3, -0.25) is 4.79 Å². The molecule has 0 saturated carbocycles. The van der Waals surface area contributed by atoms with E-state index >= 15 is 0 Å². The highest BCUT2D eigenvalue weighted by molar-refractivity contribution is 6.44. The Kier molecular flexibility index (Phi) is 4.17. The Labute approximate surface area is 143 Å². The molecule has 1 aliphatic rings. The number of aromatic amines is 1. The maximum atomic E-state index is 13.5. The van der Waals surface area contributed by atoms with Gasteiger partial charge in [-0.25, -0.2) is 4.39 Å². The highest BCUT2D eigenvalue weighted by Crippen LogP contribution is 2.37. The van der Waals surface area contributed by atoms with E-state index in [4.69, 9.17) is 28.9 Å². The summed E-state index contributed by atoms with van der Waals surface area (Å²) in [5.41, 5.74) is 5.67. The fourth-order valence-electron chi connectivity index (χ4n) is 2.83. The van der Waals surface area contributed by atoms with Crippen molar-refractivity contribution < 1.29 is 22.4 Å². The SMILES string of the molecule is N[C@H]1CN(C(=O)c2[nH]c3ccc(F)c(Cl)c3c2Cl)C[C@@H]1C(F)(F)F. The van der Waals surface area contributed by atoms with Crippen molar-refractivity contribution >= 4 is 40.0 Å². The van der Waals surface area contributed by atoms with Crippen LogP contribution in [-0.2, 0) is 0 Å². The van der Waals surface area contributed by atoms with Crippen molar-refractivity contribution in [2.45, 2.75) is 12.2 Å². The van der Waals surface area contributed by atoms with Crippen LogP contribution in [0.1, 0.15) is 10.5 Å². The summed E-state index contributed by atoms with van der Waals surface area (Å²) >= 11 is 11.9. The quantitative estimate of drug-likeness (QED) is 0.739. The second kappa shape index (κ2) is 5.79. The zero-order chi connectivity index (χ0) is 17.8. The number of alkyl halides is 3. The van der Waals surface area contributed by atoms with Gasteiger partial charge in [0.2, 0.25) is 0 Å². The van der Waals surface area contributed by atoms with E-state index in [2.05, 4.69) is 4.98 Å². The van der Waals surface area contributed by atoms with Crippen molar-refractivity contribution in [3.8, 4) is 0 Å². The Hall–Kier alpha value is -1.51. The molecule has 4 nitrogen and oxygen atoms in total. The van der Waals surface area contributed by atoms with Crippen LogP contribution in [0.4, 0.5) is 17.6 Å². The molecule has 130 valence electrons. The number of fused-ring (bicyclic) bond motifs is 1. The smallest absolute Gasteiger partial charge is 0.349 e. The molecule has 3 N–H and O–H groups in total. The number of hydrogen-bond acceptors (Lipinski definition) is 2. The summed E-state index contributed by atoms with van der Waals surface area (Å²) in [4.78, 5) is 16.2. The fourth-order valence-corrected chi connectivity index (χ4v) is 3.46. The molecule has 10 heteroatoms. The number of hydrogen-bond donors (Lipinski definition) is 2. The van der Waals surface area contributed by atoms with Crippen LogP contribution in [0, 0.1) is 11.7 Å². The molecule has 1 aromatic carbocycles. The van der Waals surface area contributed by atoms with Crippen molar-refractivity contribution in [1.82, 2.24) is 9.88 Å². The standard InChI is InChI=1S/C14H11Cl2F4N3O/c15-10-6(17)1-2-8-9(10)11(16)12(22-8)13(24)23-3-5(7(21)4-23)14(18,19)20/h1-2,5,7,22H,3-4,21H2/t5-,7-/m0/s1. The number of likely N-dealkylation sites (tertiary alicyclic amines) is 1. The molecule has 0 bridgehead atoms.